The summed E-state index contributed by atoms with van der Waals surface area (Å²) in [5.41, 5.74) is 2.06. The summed E-state index contributed by atoms with van der Waals surface area (Å²) < 4.78 is 5.34. The average Bonchev–Trinajstić information content (AvgIpc) is 2.60. The zero-order valence-electron chi connectivity index (χ0n) is 12.5. The van der Waals surface area contributed by atoms with Gasteiger partial charge < -0.3 is 4.74 Å². The number of ketones is 2. The van der Waals surface area contributed by atoms with E-state index in [2.05, 4.69) is 14.9 Å². The zero-order chi connectivity index (χ0) is 15.8. The van der Waals surface area contributed by atoms with Crippen molar-refractivity contribution in [1.29, 1.82) is 0 Å². The lowest BCUT2D eigenvalue weighted by atomic mass is 9.89. The average molecular weight is 309 g/mol. The first-order valence-corrected chi connectivity index (χ1v) is 7.57. The summed E-state index contributed by atoms with van der Waals surface area (Å²) in [7, 11) is 0. The standard InChI is InChI=1S/C17H15N3O3/c21-16-12-2-1-3-18-14(12)17(22)15-13(16)8-11(9-19-15)10-20-4-6-23-7-5-20/h1-3,8-9H,4-7,10H2. The van der Waals surface area contributed by atoms with E-state index >= 15 is 0 Å². The van der Waals surface area contributed by atoms with Gasteiger partial charge in [-0.1, -0.05) is 0 Å². The lowest BCUT2D eigenvalue weighted by Crippen LogP contribution is -2.35. The Morgan fingerprint density at radius 3 is 2.65 bits per heavy atom. The molecular formula is C17H15N3O3. The van der Waals surface area contributed by atoms with Crippen molar-refractivity contribution in [2.24, 2.45) is 0 Å². The number of ether oxygens (including phenoxy) is 1. The Hall–Kier alpha value is -2.44. The van der Waals surface area contributed by atoms with Gasteiger partial charge in [-0.15, -0.1) is 0 Å². The van der Waals surface area contributed by atoms with Crippen LogP contribution in [-0.2, 0) is 11.3 Å². The molecule has 2 aromatic rings. The summed E-state index contributed by atoms with van der Waals surface area (Å²) in [6.07, 6.45) is 3.19. The number of nitrogens with zero attached hydrogens (tertiary/aromatic N) is 3. The van der Waals surface area contributed by atoms with Crippen LogP contribution in [0.2, 0.25) is 0 Å². The summed E-state index contributed by atoms with van der Waals surface area (Å²) in [6, 6.07) is 5.09. The van der Waals surface area contributed by atoms with Gasteiger partial charge in [-0.2, -0.15) is 0 Å². The van der Waals surface area contributed by atoms with E-state index in [0.717, 1.165) is 31.9 Å². The van der Waals surface area contributed by atoms with E-state index < -0.39 is 0 Å². The van der Waals surface area contributed by atoms with Crippen molar-refractivity contribution in [2.75, 3.05) is 26.3 Å². The molecule has 0 unspecified atom stereocenters. The Kier molecular flexibility index (Phi) is 3.48. The SMILES string of the molecule is O=C1c2cccnc2C(=O)c2ncc(CN3CCOCC3)cc21. The van der Waals surface area contributed by atoms with Crippen molar-refractivity contribution in [3.63, 3.8) is 0 Å². The normalized spacial score (nSPS) is 17.7. The largest absolute Gasteiger partial charge is 0.379 e. The Morgan fingerprint density at radius 1 is 1.04 bits per heavy atom. The number of pyridine rings is 2. The third kappa shape index (κ3) is 2.46. The Morgan fingerprint density at radius 2 is 1.83 bits per heavy atom. The van der Waals surface area contributed by atoms with Gasteiger partial charge in [0.15, 0.2) is 5.78 Å². The molecule has 0 bridgehead atoms. The smallest absolute Gasteiger partial charge is 0.231 e. The predicted octanol–water partition coefficient (Wildman–Crippen LogP) is 1.08. The van der Waals surface area contributed by atoms with Crippen molar-refractivity contribution < 1.29 is 14.3 Å². The molecule has 0 atom stereocenters. The van der Waals surface area contributed by atoms with Crippen LogP contribution in [0.1, 0.15) is 37.7 Å². The summed E-state index contributed by atoms with van der Waals surface area (Å²) >= 11 is 0. The summed E-state index contributed by atoms with van der Waals surface area (Å²) in [4.78, 5) is 35.6. The molecule has 3 heterocycles. The third-order valence-electron chi connectivity index (χ3n) is 4.18. The zero-order valence-corrected chi connectivity index (χ0v) is 12.5. The maximum atomic E-state index is 12.6. The fourth-order valence-electron chi connectivity index (χ4n) is 2.99. The van der Waals surface area contributed by atoms with E-state index in [4.69, 9.17) is 4.74 Å². The maximum absolute atomic E-state index is 12.6. The van der Waals surface area contributed by atoms with E-state index in [9.17, 15) is 9.59 Å². The highest BCUT2D eigenvalue weighted by molar-refractivity contribution is 6.26. The first-order valence-electron chi connectivity index (χ1n) is 7.57. The van der Waals surface area contributed by atoms with Crippen LogP contribution >= 0.6 is 0 Å². The number of hydrogen-bond acceptors (Lipinski definition) is 6. The Balaban J connectivity index is 1.68. The van der Waals surface area contributed by atoms with E-state index in [1.165, 1.54) is 6.20 Å². The lowest BCUT2D eigenvalue weighted by molar-refractivity contribution is 0.0341. The molecule has 0 spiro atoms. The molecule has 1 aliphatic carbocycles. The van der Waals surface area contributed by atoms with Crippen LogP contribution < -0.4 is 0 Å². The second-order valence-corrected chi connectivity index (χ2v) is 5.69. The summed E-state index contributed by atoms with van der Waals surface area (Å²) in [5, 5.41) is 0. The number of hydrogen-bond donors (Lipinski definition) is 0. The molecule has 0 saturated carbocycles. The van der Waals surface area contributed by atoms with Gasteiger partial charge in [-0.3, -0.25) is 24.5 Å². The van der Waals surface area contributed by atoms with Crippen molar-refractivity contribution >= 4 is 11.6 Å². The van der Waals surface area contributed by atoms with Crippen LogP contribution in [0.3, 0.4) is 0 Å². The molecule has 6 nitrogen and oxygen atoms in total. The highest BCUT2D eigenvalue weighted by Crippen LogP contribution is 2.25. The minimum Gasteiger partial charge on any atom is -0.379 e. The number of morpholine rings is 1. The molecule has 0 aromatic carbocycles. The van der Waals surface area contributed by atoms with Crippen molar-refractivity contribution in [3.8, 4) is 0 Å². The minimum atomic E-state index is -0.284. The van der Waals surface area contributed by atoms with Crippen molar-refractivity contribution in [3.05, 3.63) is 58.7 Å². The van der Waals surface area contributed by atoms with Crippen LogP contribution in [0.5, 0.6) is 0 Å². The van der Waals surface area contributed by atoms with Gasteiger partial charge in [0.25, 0.3) is 0 Å². The fourth-order valence-corrected chi connectivity index (χ4v) is 2.99. The van der Waals surface area contributed by atoms with E-state index in [1.54, 1.807) is 24.4 Å². The molecule has 1 saturated heterocycles. The number of carbonyl (C=O) groups excluding carboxylic acids is 2. The monoisotopic (exact) mass is 309 g/mol. The van der Waals surface area contributed by atoms with E-state index in [-0.39, 0.29) is 23.0 Å². The van der Waals surface area contributed by atoms with Crippen LogP contribution in [0.15, 0.2) is 30.6 Å². The molecule has 116 valence electrons. The molecule has 4 rings (SSSR count). The molecule has 23 heavy (non-hydrogen) atoms. The number of rotatable bonds is 2. The predicted molar refractivity (Wildman–Crippen MR) is 81.4 cm³/mol. The Bertz CT molecular complexity index is 797. The number of carbonyl (C=O) groups is 2. The van der Waals surface area contributed by atoms with Crippen molar-refractivity contribution in [2.45, 2.75) is 6.54 Å². The third-order valence-corrected chi connectivity index (χ3v) is 4.18. The minimum absolute atomic E-state index is 0.181. The molecule has 0 N–H and O–H groups in total. The number of fused-ring (bicyclic) bond motifs is 2. The van der Waals surface area contributed by atoms with Crippen LogP contribution in [0.4, 0.5) is 0 Å². The van der Waals surface area contributed by atoms with Crippen LogP contribution in [0.25, 0.3) is 0 Å². The van der Waals surface area contributed by atoms with Gasteiger partial charge in [0, 0.05) is 32.0 Å². The molecule has 1 fully saturated rings. The van der Waals surface area contributed by atoms with Crippen LogP contribution in [0, 0.1) is 0 Å². The molecule has 2 aliphatic rings. The quantitative estimate of drug-likeness (QED) is 0.705. The van der Waals surface area contributed by atoms with Crippen molar-refractivity contribution in [1.82, 2.24) is 14.9 Å². The maximum Gasteiger partial charge on any atom is 0.231 e. The van der Waals surface area contributed by atoms with Gasteiger partial charge in [0.2, 0.25) is 5.78 Å². The topological polar surface area (TPSA) is 72.4 Å². The number of aromatic nitrogens is 2. The molecule has 6 heteroatoms. The van der Waals surface area contributed by atoms with Gasteiger partial charge in [0.1, 0.15) is 11.4 Å². The van der Waals surface area contributed by atoms with Gasteiger partial charge in [0.05, 0.1) is 24.3 Å². The highest BCUT2D eigenvalue weighted by atomic mass is 16.5. The lowest BCUT2D eigenvalue weighted by Gasteiger charge is -2.26. The Labute approximate surface area is 133 Å². The second kappa shape index (κ2) is 5.64. The highest BCUT2D eigenvalue weighted by Gasteiger charge is 2.32. The van der Waals surface area contributed by atoms with Gasteiger partial charge in [-0.25, -0.2) is 0 Å². The van der Waals surface area contributed by atoms with E-state index in [0.29, 0.717) is 17.7 Å². The van der Waals surface area contributed by atoms with Gasteiger partial charge in [-0.05, 0) is 23.8 Å². The summed E-state index contributed by atoms with van der Waals surface area (Å²) in [5.74, 6) is -0.466. The molecule has 0 radical (unpaired) electrons. The van der Waals surface area contributed by atoms with Crippen LogP contribution in [-0.4, -0.2) is 52.7 Å². The second-order valence-electron chi connectivity index (χ2n) is 5.69. The van der Waals surface area contributed by atoms with Gasteiger partial charge >= 0.3 is 0 Å². The molecule has 0 amide bonds. The molecule has 2 aromatic heterocycles. The molecule has 1 aliphatic heterocycles. The fraction of sp³-hybridized carbons (Fsp3) is 0.294. The first-order chi connectivity index (χ1) is 11.2. The first kappa shape index (κ1) is 14.2. The molecular weight excluding hydrogens is 294 g/mol. The summed E-state index contributed by atoms with van der Waals surface area (Å²) in [6.45, 7) is 3.85. The van der Waals surface area contributed by atoms with E-state index in [1.807, 2.05) is 0 Å².